The van der Waals surface area contributed by atoms with Gasteiger partial charge in [0, 0.05) is 19.5 Å². The van der Waals surface area contributed by atoms with Crippen LogP contribution in [-0.2, 0) is 4.79 Å². The van der Waals surface area contributed by atoms with Gasteiger partial charge in [-0.15, -0.1) is 11.3 Å². The monoisotopic (exact) mass is 384 g/mol. The fourth-order valence-electron chi connectivity index (χ4n) is 3.51. The molecule has 1 aromatic carbocycles. The Morgan fingerprint density at radius 1 is 1.26 bits per heavy atom. The Morgan fingerprint density at radius 2 is 2.11 bits per heavy atom. The van der Waals surface area contributed by atoms with E-state index in [1.54, 1.807) is 17.0 Å². The summed E-state index contributed by atoms with van der Waals surface area (Å²) in [6.45, 7) is 1.27. The second-order valence-electron chi connectivity index (χ2n) is 6.84. The van der Waals surface area contributed by atoms with Gasteiger partial charge in [-0.05, 0) is 49.4 Å². The van der Waals surface area contributed by atoms with Gasteiger partial charge in [-0.2, -0.15) is 0 Å². The number of fused-ring (bicyclic) bond motifs is 1. The zero-order valence-electron chi connectivity index (χ0n) is 14.8. The number of nitrogens with zero attached hydrogens (tertiary/aromatic N) is 2. The van der Waals surface area contributed by atoms with Crippen LogP contribution in [0.4, 0.5) is 0 Å². The number of thiazole rings is 1. The van der Waals surface area contributed by atoms with Crippen molar-refractivity contribution >= 4 is 33.4 Å². The molecule has 3 heterocycles. The lowest BCUT2D eigenvalue weighted by molar-refractivity contribution is -0.137. The molecule has 1 amide bonds. The fourth-order valence-corrected chi connectivity index (χ4v) is 4.44. The number of carboxylic acids is 1. The summed E-state index contributed by atoms with van der Waals surface area (Å²) < 4.78 is 6.89. The first kappa shape index (κ1) is 17.7. The molecule has 3 aromatic rings. The van der Waals surface area contributed by atoms with Crippen molar-refractivity contribution in [2.75, 3.05) is 13.1 Å². The highest BCUT2D eigenvalue weighted by Gasteiger charge is 2.27. The Hall–Kier alpha value is -2.67. The third-order valence-corrected chi connectivity index (χ3v) is 5.95. The molecule has 0 radical (unpaired) electrons. The van der Waals surface area contributed by atoms with Gasteiger partial charge in [-0.1, -0.05) is 12.1 Å². The van der Waals surface area contributed by atoms with E-state index in [2.05, 4.69) is 4.98 Å². The lowest BCUT2D eigenvalue weighted by atomic mass is 9.93. The molecule has 1 aliphatic heterocycles. The molecule has 0 aliphatic carbocycles. The first-order valence-corrected chi connectivity index (χ1v) is 9.88. The molecule has 140 valence electrons. The normalized spacial score (nSPS) is 17.3. The number of aromatic nitrogens is 1. The number of amides is 1. The molecule has 1 saturated heterocycles. The zero-order valence-corrected chi connectivity index (χ0v) is 15.6. The van der Waals surface area contributed by atoms with Crippen LogP contribution in [0.1, 0.15) is 36.2 Å². The minimum atomic E-state index is -0.787. The Morgan fingerprint density at radius 3 is 2.93 bits per heavy atom. The average Bonchev–Trinajstić information content (AvgIpc) is 3.32. The molecule has 27 heavy (non-hydrogen) atoms. The second kappa shape index (κ2) is 7.52. The Kier molecular flexibility index (Phi) is 4.94. The molecular weight excluding hydrogens is 364 g/mol. The van der Waals surface area contributed by atoms with Gasteiger partial charge in [-0.3, -0.25) is 9.59 Å². The number of carbonyl (C=O) groups is 2. The van der Waals surface area contributed by atoms with Crippen LogP contribution >= 0.6 is 11.3 Å². The third-order valence-electron chi connectivity index (χ3n) is 4.89. The highest BCUT2D eigenvalue weighted by molar-refractivity contribution is 7.21. The molecule has 1 fully saturated rings. The largest absolute Gasteiger partial charge is 0.481 e. The van der Waals surface area contributed by atoms with Crippen LogP contribution in [0.15, 0.2) is 40.8 Å². The van der Waals surface area contributed by atoms with E-state index >= 15 is 0 Å². The molecule has 4 rings (SSSR count). The van der Waals surface area contributed by atoms with Crippen molar-refractivity contribution in [3.63, 3.8) is 0 Å². The van der Waals surface area contributed by atoms with Crippen molar-refractivity contribution in [2.45, 2.75) is 25.7 Å². The number of benzene rings is 1. The van der Waals surface area contributed by atoms with Crippen LogP contribution in [0.3, 0.4) is 0 Å². The lowest BCUT2D eigenvalue weighted by Crippen LogP contribution is -2.39. The van der Waals surface area contributed by atoms with Gasteiger partial charge in [0.15, 0.2) is 16.5 Å². The molecule has 0 spiro atoms. The van der Waals surface area contributed by atoms with E-state index in [1.165, 1.54) is 11.3 Å². The van der Waals surface area contributed by atoms with Gasteiger partial charge in [0.2, 0.25) is 0 Å². The van der Waals surface area contributed by atoms with Crippen molar-refractivity contribution in [2.24, 2.45) is 5.92 Å². The molecule has 1 aliphatic rings. The highest BCUT2D eigenvalue weighted by Crippen LogP contribution is 2.31. The van der Waals surface area contributed by atoms with Crippen LogP contribution in [0.2, 0.25) is 0 Å². The summed E-state index contributed by atoms with van der Waals surface area (Å²) >= 11 is 1.54. The number of hydrogen-bond acceptors (Lipinski definition) is 5. The molecule has 1 N–H and O–H groups in total. The summed E-state index contributed by atoms with van der Waals surface area (Å²) in [5.41, 5.74) is 0.916. The SMILES string of the molecule is O=C(O)CCC1CCCN(C(=O)c2ccc(-c3nc4ccccc4s3)o2)C1. The molecule has 1 unspecified atom stereocenters. The number of rotatable bonds is 5. The van der Waals surface area contributed by atoms with Gasteiger partial charge < -0.3 is 14.4 Å². The zero-order chi connectivity index (χ0) is 18.8. The molecule has 7 heteroatoms. The molecule has 0 bridgehead atoms. The van der Waals surface area contributed by atoms with E-state index in [-0.39, 0.29) is 18.2 Å². The highest BCUT2D eigenvalue weighted by atomic mass is 32.1. The van der Waals surface area contributed by atoms with E-state index in [1.807, 2.05) is 24.3 Å². The first-order chi connectivity index (χ1) is 13.1. The van der Waals surface area contributed by atoms with Crippen molar-refractivity contribution < 1.29 is 19.1 Å². The summed E-state index contributed by atoms with van der Waals surface area (Å²) in [4.78, 5) is 29.9. The maximum absolute atomic E-state index is 12.8. The van der Waals surface area contributed by atoms with Crippen molar-refractivity contribution in [1.82, 2.24) is 9.88 Å². The Balaban J connectivity index is 1.47. The smallest absolute Gasteiger partial charge is 0.303 e. The number of likely N-dealkylation sites (tertiary alicyclic amines) is 1. The summed E-state index contributed by atoms with van der Waals surface area (Å²) in [6.07, 6.45) is 2.61. The van der Waals surface area contributed by atoms with Gasteiger partial charge in [0.05, 0.1) is 10.2 Å². The van der Waals surface area contributed by atoms with E-state index in [4.69, 9.17) is 9.52 Å². The van der Waals surface area contributed by atoms with Gasteiger partial charge in [0.1, 0.15) is 0 Å². The summed E-state index contributed by atoms with van der Waals surface area (Å²) in [6, 6.07) is 11.4. The third kappa shape index (κ3) is 3.88. The molecule has 1 atom stereocenters. The Labute approximate surface area is 160 Å². The van der Waals surface area contributed by atoms with Crippen LogP contribution in [0.25, 0.3) is 21.0 Å². The topological polar surface area (TPSA) is 83.6 Å². The minimum absolute atomic E-state index is 0.137. The predicted molar refractivity (Wildman–Crippen MR) is 103 cm³/mol. The minimum Gasteiger partial charge on any atom is -0.481 e. The van der Waals surface area contributed by atoms with Crippen LogP contribution in [0, 0.1) is 5.92 Å². The number of para-hydroxylation sites is 1. The van der Waals surface area contributed by atoms with E-state index in [0.717, 1.165) is 28.1 Å². The summed E-state index contributed by atoms with van der Waals surface area (Å²) in [7, 11) is 0. The van der Waals surface area contributed by atoms with E-state index < -0.39 is 5.97 Å². The molecule has 0 saturated carbocycles. The first-order valence-electron chi connectivity index (χ1n) is 9.07. The molecule has 6 nitrogen and oxygen atoms in total. The Bertz CT molecular complexity index is 944. The van der Waals surface area contributed by atoms with E-state index in [9.17, 15) is 9.59 Å². The average molecular weight is 384 g/mol. The number of furan rings is 1. The van der Waals surface area contributed by atoms with Crippen LogP contribution in [-0.4, -0.2) is 40.0 Å². The van der Waals surface area contributed by atoms with Gasteiger partial charge in [-0.25, -0.2) is 4.98 Å². The van der Waals surface area contributed by atoms with Gasteiger partial charge >= 0.3 is 5.97 Å². The number of aliphatic carboxylic acids is 1. The van der Waals surface area contributed by atoms with E-state index in [0.29, 0.717) is 31.0 Å². The maximum atomic E-state index is 12.8. The number of hydrogen-bond donors (Lipinski definition) is 1. The van der Waals surface area contributed by atoms with Crippen molar-refractivity contribution in [3.05, 3.63) is 42.2 Å². The predicted octanol–water partition coefficient (Wildman–Crippen LogP) is 4.27. The number of carbonyl (C=O) groups excluding carboxylic acids is 1. The second-order valence-corrected chi connectivity index (χ2v) is 7.87. The van der Waals surface area contributed by atoms with Gasteiger partial charge in [0.25, 0.3) is 5.91 Å². The standard InChI is InChI=1S/C20H20N2O4S/c23-18(24)10-7-13-4-3-11-22(12-13)20(25)16-9-8-15(26-16)19-21-14-5-1-2-6-17(14)27-19/h1-2,5-6,8-9,13H,3-4,7,10-12H2,(H,23,24). The number of carboxylic acid groups (broad SMARTS) is 1. The van der Waals surface area contributed by atoms with Crippen LogP contribution in [0.5, 0.6) is 0 Å². The van der Waals surface area contributed by atoms with Crippen molar-refractivity contribution in [3.8, 4) is 10.8 Å². The maximum Gasteiger partial charge on any atom is 0.303 e. The number of piperidine rings is 1. The lowest BCUT2D eigenvalue weighted by Gasteiger charge is -2.32. The van der Waals surface area contributed by atoms with Crippen LogP contribution < -0.4 is 0 Å². The molecule has 2 aromatic heterocycles. The van der Waals surface area contributed by atoms with Crippen molar-refractivity contribution in [1.29, 1.82) is 0 Å². The quantitative estimate of drug-likeness (QED) is 0.710. The summed E-state index contributed by atoms with van der Waals surface area (Å²) in [5.74, 6) is 0.215. The summed E-state index contributed by atoms with van der Waals surface area (Å²) in [5, 5.41) is 9.62. The molecular formula is C20H20N2O4S. The fraction of sp³-hybridized carbons (Fsp3) is 0.350.